The van der Waals surface area contributed by atoms with Gasteiger partial charge in [0.1, 0.15) is 5.60 Å². The minimum atomic E-state index is -0.961. The molecule has 1 saturated heterocycles. The van der Waals surface area contributed by atoms with E-state index >= 15 is 0 Å². The third kappa shape index (κ3) is 4.35. The van der Waals surface area contributed by atoms with Crippen molar-refractivity contribution in [1.29, 1.82) is 0 Å². The SMILES string of the molecule is Cc1c(S)cc(N2CCN(C(=O)OC(C)(C)C)CC2)cc1C(=O)O. The minimum Gasteiger partial charge on any atom is -0.478 e. The monoisotopic (exact) mass is 352 g/mol. The third-order valence-electron chi connectivity index (χ3n) is 3.89. The third-order valence-corrected chi connectivity index (χ3v) is 4.36. The number of carbonyl (C=O) groups excluding carboxylic acids is 1. The second kappa shape index (κ2) is 6.93. The second-order valence-corrected chi connectivity index (χ2v) is 7.38. The number of piperazine rings is 1. The molecule has 0 unspecified atom stereocenters. The molecule has 0 aromatic heterocycles. The standard InChI is InChI=1S/C17H24N2O4S/c1-11-13(15(20)21)9-12(10-14(11)24)18-5-7-19(8-6-18)16(22)23-17(2,3)4/h9-10,24H,5-8H2,1-4H3,(H,20,21). The first-order chi connectivity index (χ1) is 11.1. The first kappa shape index (κ1) is 18.4. The summed E-state index contributed by atoms with van der Waals surface area (Å²) in [6.45, 7) is 9.58. The van der Waals surface area contributed by atoms with E-state index in [0.717, 1.165) is 5.69 Å². The van der Waals surface area contributed by atoms with E-state index in [0.29, 0.717) is 36.6 Å². The molecular formula is C17H24N2O4S. The average Bonchev–Trinajstić information content (AvgIpc) is 2.48. The van der Waals surface area contributed by atoms with Crippen molar-refractivity contribution in [2.75, 3.05) is 31.1 Å². The molecule has 0 aliphatic carbocycles. The summed E-state index contributed by atoms with van der Waals surface area (Å²) in [6.07, 6.45) is -0.313. The van der Waals surface area contributed by atoms with E-state index in [1.54, 1.807) is 17.9 Å². The summed E-state index contributed by atoms with van der Waals surface area (Å²) in [6, 6.07) is 3.54. The number of hydrogen-bond donors (Lipinski definition) is 2. The smallest absolute Gasteiger partial charge is 0.410 e. The van der Waals surface area contributed by atoms with E-state index in [9.17, 15) is 14.7 Å². The number of aromatic carboxylic acids is 1. The topological polar surface area (TPSA) is 70.1 Å². The van der Waals surface area contributed by atoms with Gasteiger partial charge in [0, 0.05) is 36.8 Å². The molecule has 7 heteroatoms. The highest BCUT2D eigenvalue weighted by atomic mass is 32.1. The van der Waals surface area contributed by atoms with E-state index in [-0.39, 0.29) is 11.7 Å². The van der Waals surface area contributed by atoms with Crippen molar-refractivity contribution >= 4 is 30.4 Å². The number of carboxylic acids is 1. The summed E-state index contributed by atoms with van der Waals surface area (Å²) in [7, 11) is 0. The van der Waals surface area contributed by atoms with E-state index in [2.05, 4.69) is 17.5 Å². The molecule has 1 N–H and O–H groups in total. The Morgan fingerprint density at radius 3 is 2.25 bits per heavy atom. The Balaban J connectivity index is 2.07. The molecule has 0 bridgehead atoms. The van der Waals surface area contributed by atoms with E-state index in [1.165, 1.54) is 0 Å². The molecule has 132 valence electrons. The van der Waals surface area contributed by atoms with Crippen molar-refractivity contribution in [3.8, 4) is 0 Å². The highest BCUT2D eigenvalue weighted by Gasteiger charge is 2.26. The van der Waals surface area contributed by atoms with Crippen LogP contribution in [-0.2, 0) is 4.74 Å². The van der Waals surface area contributed by atoms with Gasteiger partial charge in [-0.15, -0.1) is 12.6 Å². The van der Waals surface area contributed by atoms with Gasteiger partial charge in [0.2, 0.25) is 0 Å². The van der Waals surface area contributed by atoms with Crippen LogP contribution in [-0.4, -0.2) is 53.8 Å². The fraction of sp³-hybridized carbons (Fsp3) is 0.529. The van der Waals surface area contributed by atoms with Crippen LogP contribution in [0.25, 0.3) is 0 Å². The van der Waals surface area contributed by atoms with Crippen LogP contribution < -0.4 is 4.90 Å². The number of ether oxygens (including phenoxy) is 1. The van der Waals surface area contributed by atoms with Crippen molar-refractivity contribution in [1.82, 2.24) is 4.90 Å². The summed E-state index contributed by atoms with van der Waals surface area (Å²) in [5, 5.41) is 9.31. The molecule has 1 aromatic rings. The average molecular weight is 352 g/mol. The van der Waals surface area contributed by atoms with Gasteiger partial charge >= 0.3 is 12.1 Å². The molecule has 0 saturated carbocycles. The van der Waals surface area contributed by atoms with Gasteiger partial charge in [0.05, 0.1) is 5.56 Å². The molecule has 0 atom stereocenters. The largest absolute Gasteiger partial charge is 0.478 e. The zero-order valence-electron chi connectivity index (χ0n) is 14.5. The zero-order valence-corrected chi connectivity index (χ0v) is 15.4. The molecule has 6 nitrogen and oxygen atoms in total. The van der Waals surface area contributed by atoms with Gasteiger partial charge in [0.25, 0.3) is 0 Å². The molecule has 1 aliphatic rings. The molecule has 1 amide bonds. The van der Waals surface area contributed by atoms with Crippen molar-refractivity contribution in [2.24, 2.45) is 0 Å². The lowest BCUT2D eigenvalue weighted by Gasteiger charge is -2.37. The van der Waals surface area contributed by atoms with Gasteiger partial charge in [-0.1, -0.05) is 0 Å². The first-order valence-corrected chi connectivity index (χ1v) is 8.33. The lowest BCUT2D eigenvalue weighted by atomic mass is 10.1. The van der Waals surface area contributed by atoms with E-state index < -0.39 is 11.6 Å². The molecule has 1 aromatic carbocycles. The van der Waals surface area contributed by atoms with Crippen LogP contribution in [0.1, 0.15) is 36.7 Å². The molecule has 24 heavy (non-hydrogen) atoms. The lowest BCUT2D eigenvalue weighted by molar-refractivity contribution is 0.0240. The maximum absolute atomic E-state index is 12.1. The predicted octanol–water partition coefficient (Wildman–Crippen LogP) is 3.04. The number of anilines is 1. The van der Waals surface area contributed by atoms with Crippen LogP contribution in [0.5, 0.6) is 0 Å². The Bertz CT molecular complexity index is 647. The van der Waals surface area contributed by atoms with Crippen LogP contribution in [0, 0.1) is 6.92 Å². The maximum atomic E-state index is 12.1. The fourth-order valence-corrected chi connectivity index (χ4v) is 2.82. The van der Waals surface area contributed by atoms with Crippen LogP contribution >= 0.6 is 12.6 Å². The maximum Gasteiger partial charge on any atom is 0.410 e. The lowest BCUT2D eigenvalue weighted by Crippen LogP contribution is -2.50. The summed E-state index contributed by atoms with van der Waals surface area (Å²) in [5.74, 6) is -0.961. The molecule has 2 rings (SSSR count). The minimum absolute atomic E-state index is 0.257. The van der Waals surface area contributed by atoms with Crippen molar-refractivity contribution in [3.05, 3.63) is 23.3 Å². The highest BCUT2D eigenvalue weighted by molar-refractivity contribution is 7.80. The normalized spacial score (nSPS) is 15.4. The van der Waals surface area contributed by atoms with Crippen molar-refractivity contribution < 1.29 is 19.4 Å². The van der Waals surface area contributed by atoms with Crippen molar-refractivity contribution in [2.45, 2.75) is 38.2 Å². The van der Waals surface area contributed by atoms with Crippen molar-refractivity contribution in [3.63, 3.8) is 0 Å². The second-order valence-electron chi connectivity index (χ2n) is 6.90. The van der Waals surface area contributed by atoms with Crippen LogP contribution in [0.2, 0.25) is 0 Å². The Hall–Kier alpha value is -1.89. The number of nitrogens with zero attached hydrogens (tertiary/aromatic N) is 2. The molecule has 0 spiro atoms. The number of thiol groups is 1. The summed E-state index contributed by atoms with van der Waals surface area (Å²) < 4.78 is 5.38. The zero-order chi connectivity index (χ0) is 18.1. The first-order valence-electron chi connectivity index (χ1n) is 7.88. The quantitative estimate of drug-likeness (QED) is 0.801. The van der Waals surface area contributed by atoms with Gasteiger partial charge in [-0.05, 0) is 45.4 Å². The molecular weight excluding hydrogens is 328 g/mol. The van der Waals surface area contributed by atoms with Gasteiger partial charge < -0.3 is 19.6 Å². The summed E-state index contributed by atoms with van der Waals surface area (Å²) >= 11 is 4.37. The van der Waals surface area contributed by atoms with Crippen LogP contribution in [0.4, 0.5) is 10.5 Å². The van der Waals surface area contributed by atoms with Gasteiger partial charge in [-0.2, -0.15) is 0 Å². The van der Waals surface area contributed by atoms with Gasteiger partial charge in [0.15, 0.2) is 0 Å². The number of benzene rings is 1. The predicted molar refractivity (Wildman–Crippen MR) is 95.4 cm³/mol. The number of amides is 1. The van der Waals surface area contributed by atoms with Crippen LogP contribution in [0.15, 0.2) is 17.0 Å². The fourth-order valence-electron chi connectivity index (χ4n) is 2.56. The molecule has 1 fully saturated rings. The van der Waals surface area contributed by atoms with E-state index in [4.69, 9.17) is 4.74 Å². The van der Waals surface area contributed by atoms with Gasteiger partial charge in [-0.25, -0.2) is 9.59 Å². The number of rotatable bonds is 2. The molecule has 0 radical (unpaired) electrons. The summed E-state index contributed by atoms with van der Waals surface area (Å²) in [4.78, 5) is 27.8. The summed E-state index contributed by atoms with van der Waals surface area (Å²) in [5.41, 5.74) is 1.21. The number of hydrogen-bond acceptors (Lipinski definition) is 5. The molecule has 1 heterocycles. The van der Waals surface area contributed by atoms with Crippen LogP contribution in [0.3, 0.4) is 0 Å². The van der Waals surface area contributed by atoms with E-state index in [1.807, 2.05) is 26.8 Å². The Morgan fingerprint density at radius 1 is 1.17 bits per heavy atom. The Kier molecular flexibility index (Phi) is 5.32. The number of carboxylic acid groups (broad SMARTS) is 1. The Labute approximate surface area is 147 Å². The molecule has 1 aliphatic heterocycles. The van der Waals surface area contributed by atoms with Gasteiger partial charge in [-0.3, -0.25) is 0 Å². The number of carbonyl (C=O) groups is 2. The Morgan fingerprint density at radius 2 is 1.75 bits per heavy atom. The highest BCUT2D eigenvalue weighted by Crippen LogP contribution is 2.27.